The Morgan fingerprint density at radius 1 is 1.48 bits per heavy atom. The number of rotatable bonds is 4. The first-order valence-electron chi connectivity index (χ1n) is 7.87. The number of aryl methyl sites for hydroxylation is 2. The maximum absolute atomic E-state index is 10.7. The van der Waals surface area contributed by atoms with Crippen LogP contribution in [0.4, 0.5) is 16.3 Å². The lowest BCUT2D eigenvalue weighted by Crippen LogP contribution is -2.28. The largest absolute Gasteiger partial charge is 0.465 e. The molecule has 1 heterocycles. The highest BCUT2D eigenvalue weighted by atomic mass is 16.4. The Morgan fingerprint density at radius 2 is 2.30 bits per heavy atom. The van der Waals surface area contributed by atoms with Crippen LogP contribution in [0.3, 0.4) is 0 Å². The number of fused-ring (bicyclic) bond motifs is 1. The summed E-state index contributed by atoms with van der Waals surface area (Å²) < 4.78 is 1.79. The molecule has 1 aliphatic carbocycles. The van der Waals surface area contributed by atoms with Crippen molar-refractivity contribution in [3.63, 3.8) is 0 Å². The van der Waals surface area contributed by atoms with Crippen LogP contribution in [-0.4, -0.2) is 34.6 Å². The van der Waals surface area contributed by atoms with E-state index in [9.17, 15) is 4.79 Å². The fraction of sp³-hybridized carbons (Fsp3) is 0.412. The van der Waals surface area contributed by atoms with Crippen LogP contribution in [0.5, 0.6) is 0 Å². The fourth-order valence-corrected chi connectivity index (χ4v) is 3.25. The van der Waals surface area contributed by atoms with Gasteiger partial charge in [0.25, 0.3) is 0 Å². The number of benzene rings is 1. The zero-order valence-corrected chi connectivity index (χ0v) is 13.5. The highest BCUT2D eigenvalue weighted by Crippen LogP contribution is 2.34. The molecule has 0 radical (unpaired) electrons. The molecule has 1 aromatic heterocycles. The SMILES string of the molecule is CN(c1ccc2c(c1)CCC[C@H]2CNC(=O)O)c1ccn(C)n1. The molecule has 3 rings (SSSR count). The number of hydrogen-bond donors (Lipinski definition) is 2. The van der Waals surface area contributed by atoms with Crippen molar-refractivity contribution in [2.24, 2.45) is 7.05 Å². The highest BCUT2D eigenvalue weighted by molar-refractivity contribution is 5.65. The van der Waals surface area contributed by atoms with Crippen LogP contribution in [0.15, 0.2) is 30.5 Å². The molecule has 1 aliphatic rings. The van der Waals surface area contributed by atoms with E-state index in [2.05, 4.69) is 33.5 Å². The van der Waals surface area contributed by atoms with E-state index in [0.29, 0.717) is 6.54 Å². The van der Waals surface area contributed by atoms with Gasteiger partial charge in [-0.3, -0.25) is 4.68 Å². The number of aromatic nitrogens is 2. The van der Waals surface area contributed by atoms with E-state index in [1.54, 1.807) is 4.68 Å². The normalized spacial score (nSPS) is 16.7. The Morgan fingerprint density at radius 3 is 3.00 bits per heavy atom. The molecular weight excluding hydrogens is 292 g/mol. The number of anilines is 2. The molecule has 1 amide bonds. The Labute approximate surface area is 135 Å². The van der Waals surface area contributed by atoms with Crippen LogP contribution < -0.4 is 10.2 Å². The predicted octanol–water partition coefficient (Wildman–Crippen LogP) is 2.88. The first kappa shape index (κ1) is 15.4. The summed E-state index contributed by atoms with van der Waals surface area (Å²) in [6.45, 7) is 0.484. The number of carboxylic acid groups (broad SMARTS) is 1. The summed E-state index contributed by atoms with van der Waals surface area (Å²) in [4.78, 5) is 12.8. The zero-order valence-electron chi connectivity index (χ0n) is 13.5. The molecule has 6 heteroatoms. The third-order valence-electron chi connectivity index (χ3n) is 4.50. The van der Waals surface area contributed by atoms with Crippen molar-refractivity contribution >= 4 is 17.6 Å². The van der Waals surface area contributed by atoms with Crippen LogP contribution in [0.1, 0.15) is 29.9 Å². The van der Waals surface area contributed by atoms with Gasteiger partial charge >= 0.3 is 6.09 Å². The van der Waals surface area contributed by atoms with Gasteiger partial charge in [0.05, 0.1) is 0 Å². The Bertz CT molecular complexity index is 710. The molecule has 2 N–H and O–H groups in total. The lowest BCUT2D eigenvalue weighted by atomic mass is 9.82. The Kier molecular flexibility index (Phi) is 4.23. The van der Waals surface area contributed by atoms with E-state index in [1.807, 2.05) is 26.4 Å². The van der Waals surface area contributed by atoms with Gasteiger partial charge in [0.15, 0.2) is 5.82 Å². The third-order valence-corrected chi connectivity index (χ3v) is 4.50. The standard InChI is InChI=1S/C17H22N4O2/c1-20-9-8-16(19-20)21(2)14-6-7-15-12(10-14)4-3-5-13(15)11-18-17(22)23/h6-10,13,18H,3-5,11H2,1-2H3,(H,22,23)/t13-/m0/s1. The summed E-state index contributed by atoms with van der Waals surface area (Å²) in [5.74, 6) is 1.18. The molecule has 2 aromatic rings. The maximum Gasteiger partial charge on any atom is 0.404 e. The van der Waals surface area contributed by atoms with E-state index >= 15 is 0 Å². The maximum atomic E-state index is 10.7. The molecule has 23 heavy (non-hydrogen) atoms. The van der Waals surface area contributed by atoms with Crippen molar-refractivity contribution in [2.75, 3.05) is 18.5 Å². The minimum absolute atomic E-state index is 0.268. The number of carbonyl (C=O) groups is 1. The molecule has 0 unspecified atom stereocenters. The van der Waals surface area contributed by atoms with E-state index in [1.165, 1.54) is 11.1 Å². The number of nitrogens with zero attached hydrogens (tertiary/aromatic N) is 3. The van der Waals surface area contributed by atoms with Crippen LogP contribution >= 0.6 is 0 Å². The summed E-state index contributed by atoms with van der Waals surface area (Å²) in [6, 6.07) is 8.42. The summed E-state index contributed by atoms with van der Waals surface area (Å²) in [7, 11) is 3.92. The molecule has 0 fully saturated rings. The molecule has 0 saturated carbocycles. The molecule has 122 valence electrons. The van der Waals surface area contributed by atoms with Gasteiger partial charge in [-0.25, -0.2) is 4.79 Å². The van der Waals surface area contributed by atoms with Crippen LogP contribution in [0, 0.1) is 0 Å². The van der Waals surface area contributed by atoms with Crippen LogP contribution in [0.25, 0.3) is 0 Å². The van der Waals surface area contributed by atoms with Gasteiger partial charge in [-0.05, 0) is 42.5 Å². The lowest BCUT2D eigenvalue weighted by molar-refractivity contribution is 0.193. The fourth-order valence-electron chi connectivity index (χ4n) is 3.25. The van der Waals surface area contributed by atoms with Crippen molar-refractivity contribution in [3.8, 4) is 0 Å². The lowest BCUT2D eigenvalue weighted by Gasteiger charge is -2.27. The van der Waals surface area contributed by atoms with Gasteiger partial charge in [-0.15, -0.1) is 0 Å². The molecule has 0 saturated heterocycles. The second-order valence-corrected chi connectivity index (χ2v) is 6.06. The predicted molar refractivity (Wildman–Crippen MR) is 89.4 cm³/mol. The van der Waals surface area contributed by atoms with Gasteiger partial charge in [0.1, 0.15) is 0 Å². The first-order valence-corrected chi connectivity index (χ1v) is 7.87. The molecule has 1 aromatic carbocycles. The van der Waals surface area contributed by atoms with Crippen molar-refractivity contribution < 1.29 is 9.90 Å². The topological polar surface area (TPSA) is 70.4 Å². The highest BCUT2D eigenvalue weighted by Gasteiger charge is 2.21. The second kappa shape index (κ2) is 6.32. The van der Waals surface area contributed by atoms with Crippen LogP contribution in [-0.2, 0) is 13.5 Å². The van der Waals surface area contributed by atoms with Gasteiger partial charge in [-0.1, -0.05) is 6.07 Å². The molecular formula is C17H22N4O2. The van der Waals surface area contributed by atoms with Gasteiger partial charge in [0, 0.05) is 44.5 Å². The average molecular weight is 314 g/mol. The molecule has 1 atom stereocenters. The number of hydrogen-bond acceptors (Lipinski definition) is 3. The van der Waals surface area contributed by atoms with E-state index in [-0.39, 0.29) is 5.92 Å². The summed E-state index contributed by atoms with van der Waals surface area (Å²) >= 11 is 0. The van der Waals surface area contributed by atoms with Crippen molar-refractivity contribution in [3.05, 3.63) is 41.6 Å². The van der Waals surface area contributed by atoms with Crippen molar-refractivity contribution in [1.82, 2.24) is 15.1 Å². The number of nitrogens with one attached hydrogen (secondary N) is 1. The molecule has 6 nitrogen and oxygen atoms in total. The molecule has 0 spiro atoms. The quantitative estimate of drug-likeness (QED) is 0.910. The average Bonchev–Trinajstić information content (AvgIpc) is 2.98. The van der Waals surface area contributed by atoms with E-state index < -0.39 is 6.09 Å². The Hall–Kier alpha value is -2.50. The second-order valence-electron chi connectivity index (χ2n) is 6.06. The summed E-state index contributed by atoms with van der Waals surface area (Å²) in [5.41, 5.74) is 3.69. The van der Waals surface area contributed by atoms with Gasteiger partial charge < -0.3 is 15.3 Å². The van der Waals surface area contributed by atoms with Crippen molar-refractivity contribution in [1.29, 1.82) is 0 Å². The van der Waals surface area contributed by atoms with E-state index in [4.69, 9.17) is 5.11 Å². The molecule has 0 aliphatic heterocycles. The minimum atomic E-state index is -0.955. The van der Waals surface area contributed by atoms with Gasteiger partial charge in [0.2, 0.25) is 0 Å². The number of amides is 1. The monoisotopic (exact) mass is 314 g/mol. The minimum Gasteiger partial charge on any atom is -0.465 e. The smallest absolute Gasteiger partial charge is 0.404 e. The van der Waals surface area contributed by atoms with Crippen molar-refractivity contribution in [2.45, 2.75) is 25.2 Å². The zero-order chi connectivity index (χ0) is 16.4. The van der Waals surface area contributed by atoms with Gasteiger partial charge in [-0.2, -0.15) is 5.10 Å². The summed E-state index contributed by atoms with van der Waals surface area (Å²) in [6.07, 6.45) is 4.14. The summed E-state index contributed by atoms with van der Waals surface area (Å²) in [5, 5.41) is 15.8. The molecule has 0 bridgehead atoms. The van der Waals surface area contributed by atoms with E-state index in [0.717, 1.165) is 30.8 Å². The van der Waals surface area contributed by atoms with Crippen LogP contribution in [0.2, 0.25) is 0 Å². The Balaban J connectivity index is 1.82. The third kappa shape index (κ3) is 3.31. The first-order chi connectivity index (χ1) is 11.0.